The standard InChI is InChI=1S/C41H32N2O7/c1-23-6-13-28(14-7-23)50-35-22-26(41(2,3)4)10-19-34(35)49-29-15-11-27(12-16-29)43-39(47)31-18-9-25(21-33(31)40(43)48)36(44)24-8-17-30-32(20-24)38(46)42(5)37(30)45/h6-22H,1-5H3. The summed E-state index contributed by atoms with van der Waals surface area (Å²) in [4.78, 5) is 67.2. The van der Waals surface area contributed by atoms with E-state index in [-0.39, 0.29) is 38.8 Å². The van der Waals surface area contributed by atoms with Crippen LogP contribution < -0.4 is 14.4 Å². The zero-order valence-electron chi connectivity index (χ0n) is 28.1. The molecule has 2 aliphatic rings. The number of carbonyl (C=O) groups is 5. The van der Waals surface area contributed by atoms with Crippen molar-refractivity contribution < 1.29 is 33.4 Å². The molecule has 2 heterocycles. The summed E-state index contributed by atoms with van der Waals surface area (Å²) in [5.41, 5.74) is 3.39. The van der Waals surface area contributed by atoms with Crippen molar-refractivity contribution in [2.24, 2.45) is 0 Å². The highest BCUT2D eigenvalue weighted by atomic mass is 16.5. The lowest BCUT2D eigenvalue weighted by Gasteiger charge is -2.21. The number of amides is 4. The number of aryl methyl sites for hydroxylation is 1. The summed E-state index contributed by atoms with van der Waals surface area (Å²) in [7, 11) is 1.38. The van der Waals surface area contributed by atoms with E-state index in [2.05, 4.69) is 20.8 Å². The number of nitrogens with zero attached hydrogens (tertiary/aromatic N) is 2. The molecule has 50 heavy (non-hydrogen) atoms. The fourth-order valence-electron chi connectivity index (χ4n) is 5.95. The number of benzene rings is 5. The average Bonchev–Trinajstić information content (AvgIpc) is 3.48. The van der Waals surface area contributed by atoms with E-state index in [9.17, 15) is 24.0 Å². The van der Waals surface area contributed by atoms with E-state index >= 15 is 0 Å². The number of hydrogen-bond acceptors (Lipinski definition) is 7. The Morgan fingerprint density at radius 1 is 0.560 bits per heavy atom. The zero-order valence-corrected chi connectivity index (χ0v) is 28.1. The largest absolute Gasteiger partial charge is 0.453 e. The topological polar surface area (TPSA) is 110 Å². The molecule has 4 amide bonds. The molecule has 248 valence electrons. The van der Waals surface area contributed by atoms with Crippen LogP contribution in [0.25, 0.3) is 0 Å². The van der Waals surface area contributed by atoms with Gasteiger partial charge in [0.1, 0.15) is 11.5 Å². The molecule has 0 aromatic heterocycles. The van der Waals surface area contributed by atoms with Gasteiger partial charge >= 0.3 is 0 Å². The Kier molecular flexibility index (Phi) is 7.70. The summed E-state index contributed by atoms with van der Waals surface area (Å²) >= 11 is 0. The summed E-state index contributed by atoms with van der Waals surface area (Å²) in [6.45, 7) is 8.37. The first kappa shape index (κ1) is 32.2. The first-order valence-electron chi connectivity index (χ1n) is 16.0. The third kappa shape index (κ3) is 5.62. The third-order valence-electron chi connectivity index (χ3n) is 8.88. The van der Waals surface area contributed by atoms with E-state index in [1.807, 2.05) is 49.4 Å². The van der Waals surface area contributed by atoms with E-state index < -0.39 is 29.4 Å². The van der Waals surface area contributed by atoms with Crippen molar-refractivity contribution in [2.45, 2.75) is 33.1 Å². The minimum atomic E-state index is -0.573. The lowest BCUT2D eigenvalue weighted by molar-refractivity contribution is 0.0692. The monoisotopic (exact) mass is 664 g/mol. The van der Waals surface area contributed by atoms with Crippen LogP contribution in [0.5, 0.6) is 23.0 Å². The maximum absolute atomic E-state index is 13.6. The molecule has 7 rings (SSSR count). The Hall–Kier alpha value is -6.35. The molecule has 0 bridgehead atoms. The quantitative estimate of drug-likeness (QED) is 0.128. The van der Waals surface area contributed by atoms with Gasteiger partial charge in [0, 0.05) is 18.2 Å². The van der Waals surface area contributed by atoms with Crippen molar-refractivity contribution in [1.82, 2.24) is 4.90 Å². The molecule has 0 atom stereocenters. The Bertz CT molecular complexity index is 2260. The van der Waals surface area contributed by atoms with E-state index in [4.69, 9.17) is 9.47 Å². The van der Waals surface area contributed by atoms with Gasteiger partial charge in [-0.15, -0.1) is 0 Å². The van der Waals surface area contributed by atoms with E-state index in [0.717, 1.165) is 20.9 Å². The second kappa shape index (κ2) is 12.0. The van der Waals surface area contributed by atoms with Crippen LogP contribution in [0, 0.1) is 6.92 Å². The molecule has 0 unspecified atom stereocenters. The Labute approximate surface area is 288 Å². The molecule has 0 radical (unpaired) electrons. The fourth-order valence-corrected chi connectivity index (χ4v) is 5.95. The molecule has 5 aromatic carbocycles. The van der Waals surface area contributed by atoms with Gasteiger partial charge in [-0.25, -0.2) is 4.90 Å². The molecule has 0 aliphatic carbocycles. The number of ether oxygens (including phenoxy) is 2. The Balaban J connectivity index is 1.11. The number of carbonyl (C=O) groups excluding carboxylic acids is 5. The lowest BCUT2D eigenvalue weighted by atomic mass is 9.87. The van der Waals surface area contributed by atoms with Crippen LogP contribution in [-0.2, 0) is 5.41 Å². The second-order valence-corrected chi connectivity index (χ2v) is 13.4. The Morgan fingerprint density at radius 3 is 1.66 bits per heavy atom. The normalized spacial score (nSPS) is 13.9. The van der Waals surface area contributed by atoms with Gasteiger partial charge in [0.15, 0.2) is 17.3 Å². The minimum Gasteiger partial charge on any atom is -0.453 e. The van der Waals surface area contributed by atoms with Crippen LogP contribution in [0.15, 0.2) is 103 Å². The van der Waals surface area contributed by atoms with Gasteiger partial charge in [0.25, 0.3) is 23.6 Å². The highest BCUT2D eigenvalue weighted by Gasteiger charge is 2.38. The first-order chi connectivity index (χ1) is 23.8. The highest BCUT2D eigenvalue weighted by molar-refractivity contribution is 6.35. The van der Waals surface area contributed by atoms with Crippen molar-refractivity contribution in [3.05, 3.63) is 148 Å². The molecule has 9 heteroatoms. The van der Waals surface area contributed by atoms with Crippen LogP contribution in [-0.4, -0.2) is 41.4 Å². The van der Waals surface area contributed by atoms with Gasteiger partial charge in [-0.2, -0.15) is 0 Å². The molecule has 0 fully saturated rings. The minimum absolute atomic E-state index is 0.0881. The van der Waals surface area contributed by atoms with Crippen LogP contribution >= 0.6 is 0 Å². The number of anilines is 1. The number of hydrogen-bond donors (Lipinski definition) is 0. The average molecular weight is 665 g/mol. The van der Waals surface area contributed by atoms with Crippen molar-refractivity contribution in [1.29, 1.82) is 0 Å². The predicted molar refractivity (Wildman–Crippen MR) is 187 cm³/mol. The van der Waals surface area contributed by atoms with E-state index in [0.29, 0.717) is 28.7 Å². The number of fused-ring (bicyclic) bond motifs is 2. The maximum atomic E-state index is 13.6. The molecule has 0 spiro atoms. The molecule has 5 aromatic rings. The summed E-state index contributed by atoms with van der Waals surface area (Å²) in [6.07, 6.45) is 0. The zero-order chi connectivity index (χ0) is 35.5. The molecule has 0 N–H and O–H groups in total. The van der Waals surface area contributed by atoms with Gasteiger partial charge in [0.2, 0.25) is 0 Å². The number of rotatable bonds is 7. The van der Waals surface area contributed by atoms with Crippen molar-refractivity contribution in [3.63, 3.8) is 0 Å². The van der Waals surface area contributed by atoms with Gasteiger partial charge < -0.3 is 9.47 Å². The molecular formula is C41H32N2O7. The van der Waals surface area contributed by atoms with Gasteiger partial charge in [0.05, 0.1) is 27.9 Å². The molecule has 0 saturated carbocycles. The molecule has 9 nitrogen and oxygen atoms in total. The van der Waals surface area contributed by atoms with Crippen molar-refractivity contribution in [2.75, 3.05) is 11.9 Å². The van der Waals surface area contributed by atoms with Crippen molar-refractivity contribution >= 4 is 35.1 Å². The lowest BCUT2D eigenvalue weighted by Crippen LogP contribution is -2.29. The van der Waals surface area contributed by atoms with Crippen LogP contribution in [0.3, 0.4) is 0 Å². The van der Waals surface area contributed by atoms with Gasteiger partial charge in [-0.3, -0.25) is 28.9 Å². The first-order valence-corrected chi connectivity index (χ1v) is 16.0. The summed E-state index contributed by atoms with van der Waals surface area (Å²) in [5, 5.41) is 0. The van der Waals surface area contributed by atoms with Crippen LogP contribution in [0.1, 0.15) is 89.3 Å². The highest BCUT2D eigenvalue weighted by Crippen LogP contribution is 2.39. The van der Waals surface area contributed by atoms with Gasteiger partial charge in [-0.1, -0.05) is 56.7 Å². The number of imide groups is 2. The fraction of sp³-hybridized carbons (Fsp3) is 0.146. The van der Waals surface area contributed by atoms with Crippen LogP contribution in [0.4, 0.5) is 5.69 Å². The van der Waals surface area contributed by atoms with Crippen molar-refractivity contribution in [3.8, 4) is 23.0 Å². The molecular weight excluding hydrogens is 632 g/mol. The van der Waals surface area contributed by atoms with E-state index in [1.54, 1.807) is 24.3 Å². The Morgan fingerprint density at radius 2 is 1.06 bits per heavy atom. The number of ketones is 1. The third-order valence-corrected chi connectivity index (χ3v) is 8.88. The van der Waals surface area contributed by atoms with Gasteiger partial charge in [-0.05, 0) is 90.7 Å². The summed E-state index contributed by atoms with van der Waals surface area (Å²) < 4.78 is 12.5. The van der Waals surface area contributed by atoms with E-state index in [1.165, 1.54) is 43.4 Å². The molecule has 0 saturated heterocycles. The van der Waals surface area contributed by atoms with Crippen LogP contribution in [0.2, 0.25) is 0 Å². The smallest absolute Gasteiger partial charge is 0.266 e. The summed E-state index contributed by atoms with van der Waals surface area (Å²) in [5.74, 6) is -0.288. The molecule has 2 aliphatic heterocycles. The SMILES string of the molecule is Cc1ccc(Oc2cc(C(C)(C)C)ccc2Oc2ccc(N3C(=O)c4ccc(C(=O)c5ccc6c(c5)C(=O)N(C)C6=O)cc4C3=O)cc2)cc1. The maximum Gasteiger partial charge on any atom is 0.266 e. The second-order valence-electron chi connectivity index (χ2n) is 13.4. The predicted octanol–water partition coefficient (Wildman–Crippen LogP) is 8.13. The summed E-state index contributed by atoms with van der Waals surface area (Å²) in [6, 6.07) is 28.7.